The number of hydrogen-bond donors (Lipinski definition) is 0. The van der Waals surface area contributed by atoms with E-state index in [9.17, 15) is 0 Å². The lowest BCUT2D eigenvalue weighted by atomic mass is 9.81. The Bertz CT molecular complexity index is 1870. The normalized spacial score (nSPS) is 13.0. The van der Waals surface area contributed by atoms with E-state index in [1.165, 1.54) is 78.7 Å². The fraction of sp³-hybridized carbons (Fsp3) is 0.163. The van der Waals surface area contributed by atoms with Crippen LogP contribution >= 0.6 is 0 Å². The number of hydrogen-bond acceptors (Lipinski definition) is 0. The smallest absolute Gasteiger partial charge is 0.0159 e. The van der Waals surface area contributed by atoms with E-state index in [1.54, 1.807) is 0 Å². The average molecular weight is 555 g/mol. The summed E-state index contributed by atoms with van der Waals surface area (Å²) in [6, 6.07) is 51.7. The molecule has 0 bridgehead atoms. The molecule has 43 heavy (non-hydrogen) atoms. The molecule has 0 saturated carbocycles. The van der Waals surface area contributed by atoms with Crippen LogP contribution in [-0.2, 0) is 18.3 Å². The predicted molar refractivity (Wildman–Crippen MR) is 184 cm³/mol. The minimum atomic E-state index is -0.0198. The van der Waals surface area contributed by atoms with Gasteiger partial charge in [0, 0.05) is 5.41 Å². The SMILES string of the molecule is Cc1ccc(CCCc2ccc3c(c2)C(C)(C)c2cc(-c4ccc(-c5ccc(-c6ccccc6)cc5)cc4)ccc2-3)cc1. The fourth-order valence-corrected chi connectivity index (χ4v) is 6.71. The summed E-state index contributed by atoms with van der Waals surface area (Å²) < 4.78 is 0. The average Bonchev–Trinajstić information content (AvgIpc) is 3.28. The highest BCUT2D eigenvalue weighted by atomic mass is 14.4. The van der Waals surface area contributed by atoms with Gasteiger partial charge in [-0.1, -0.05) is 153 Å². The van der Waals surface area contributed by atoms with Crippen LogP contribution in [-0.4, -0.2) is 0 Å². The van der Waals surface area contributed by atoms with Crippen molar-refractivity contribution in [3.63, 3.8) is 0 Å². The molecule has 0 nitrogen and oxygen atoms in total. The minimum Gasteiger partial charge on any atom is -0.0622 e. The van der Waals surface area contributed by atoms with Gasteiger partial charge in [0.25, 0.3) is 0 Å². The molecular formula is C43H38. The van der Waals surface area contributed by atoms with Crippen molar-refractivity contribution < 1.29 is 0 Å². The summed E-state index contributed by atoms with van der Waals surface area (Å²) in [5.74, 6) is 0. The summed E-state index contributed by atoms with van der Waals surface area (Å²) in [6.45, 7) is 6.93. The summed E-state index contributed by atoms with van der Waals surface area (Å²) in [5.41, 5.74) is 17.4. The Kier molecular flexibility index (Phi) is 7.07. The molecule has 0 unspecified atom stereocenters. The third-order valence-corrected chi connectivity index (χ3v) is 9.34. The zero-order chi connectivity index (χ0) is 29.4. The van der Waals surface area contributed by atoms with E-state index in [1.807, 2.05) is 0 Å². The lowest BCUT2D eigenvalue weighted by Crippen LogP contribution is -2.15. The third kappa shape index (κ3) is 5.35. The monoisotopic (exact) mass is 554 g/mol. The molecule has 1 aliphatic rings. The molecule has 0 amide bonds. The second-order valence-electron chi connectivity index (χ2n) is 12.6. The van der Waals surface area contributed by atoms with Crippen molar-refractivity contribution in [3.8, 4) is 44.5 Å². The first-order valence-corrected chi connectivity index (χ1v) is 15.6. The van der Waals surface area contributed by atoms with Crippen LogP contribution in [0, 0.1) is 6.92 Å². The van der Waals surface area contributed by atoms with Gasteiger partial charge in [0.05, 0.1) is 0 Å². The van der Waals surface area contributed by atoms with E-state index in [2.05, 4.69) is 160 Å². The maximum Gasteiger partial charge on any atom is 0.0159 e. The highest BCUT2D eigenvalue weighted by molar-refractivity contribution is 5.84. The molecule has 0 saturated heterocycles. The van der Waals surface area contributed by atoms with E-state index in [-0.39, 0.29) is 5.41 Å². The Morgan fingerprint density at radius 3 is 1.47 bits per heavy atom. The van der Waals surface area contributed by atoms with Gasteiger partial charge in [0.1, 0.15) is 0 Å². The van der Waals surface area contributed by atoms with E-state index in [4.69, 9.17) is 0 Å². The summed E-state index contributed by atoms with van der Waals surface area (Å²) in [5, 5.41) is 0. The Balaban J connectivity index is 1.08. The number of aryl methyl sites for hydroxylation is 3. The van der Waals surface area contributed by atoms with Crippen LogP contribution in [0.1, 0.15) is 48.1 Å². The number of rotatable bonds is 7. The molecule has 0 heterocycles. The van der Waals surface area contributed by atoms with Gasteiger partial charge in [-0.2, -0.15) is 0 Å². The first-order chi connectivity index (χ1) is 21.0. The van der Waals surface area contributed by atoms with Crippen LogP contribution < -0.4 is 0 Å². The highest BCUT2D eigenvalue weighted by Gasteiger charge is 2.35. The highest BCUT2D eigenvalue weighted by Crippen LogP contribution is 2.50. The van der Waals surface area contributed by atoms with Gasteiger partial charge in [-0.15, -0.1) is 0 Å². The standard InChI is InChI=1S/C43H38/c1-30-12-14-31(15-13-30)8-7-9-32-16-26-39-40-27-25-38(29-42(40)43(2,3)41(39)28-32)37-23-21-36(22-24-37)35-19-17-34(18-20-35)33-10-5-4-6-11-33/h4-6,10-29H,7-9H2,1-3H3. The first kappa shape index (κ1) is 27.2. The van der Waals surface area contributed by atoms with Gasteiger partial charge >= 0.3 is 0 Å². The molecule has 0 heteroatoms. The second-order valence-corrected chi connectivity index (χ2v) is 12.6. The molecule has 7 rings (SSSR count). The fourth-order valence-electron chi connectivity index (χ4n) is 6.71. The maximum atomic E-state index is 2.47. The first-order valence-electron chi connectivity index (χ1n) is 15.6. The Hall–Kier alpha value is -4.68. The van der Waals surface area contributed by atoms with E-state index in [0.717, 1.165) is 12.8 Å². The molecule has 0 radical (unpaired) electrons. The largest absolute Gasteiger partial charge is 0.0622 e. The van der Waals surface area contributed by atoms with Gasteiger partial charge in [0.15, 0.2) is 0 Å². The quantitative estimate of drug-likeness (QED) is 0.184. The van der Waals surface area contributed by atoms with E-state index < -0.39 is 0 Å². The zero-order valence-corrected chi connectivity index (χ0v) is 25.4. The molecule has 0 fully saturated rings. The van der Waals surface area contributed by atoms with E-state index >= 15 is 0 Å². The van der Waals surface area contributed by atoms with Crippen molar-refractivity contribution in [1.29, 1.82) is 0 Å². The molecule has 0 aliphatic heterocycles. The predicted octanol–water partition coefficient (Wildman–Crippen LogP) is 11.5. The Labute approximate surface area is 256 Å². The van der Waals surface area contributed by atoms with Gasteiger partial charge in [-0.3, -0.25) is 0 Å². The molecule has 210 valence electrons. The molecule has 0 aromatic heterocycles. The topological polar surface area (TPSA) is 0 Å². The van der Waals surface area contributed by atoms with E-state index in [0.29, 0.717) is 0 Å². The molecule has 0 N–H and O–H groups in total. The van der Waals surface area contributed by atoms with Crippen molar-refractivity contribution >= 4 is 0 Å². The summed E-state index contributed by atoms with van der Waals surface area (Å²) in [7, 11) is 0. The van der Waals surface area contributed by atoms with Crippen molar-refractivity contribution in [2.45, 2.75) is 45.4 Å². The summed E-state index contributed by atoms with van der Waals surface area (Å²) in [4.78, 5) is 0. The van der Waals surface area contributed by atoms with Crippen LogP contribution in [0.3, 0.4) is 0 Å². The minimum absolute atomic E-state index is 0.0198. The molecule has 1 aliphatic carbocycles. The van der Waals surface area contributed by atoms with Crippen LogP contribution in [0.25, 0.3) is 44.5 Å². The zero-order valence-electron chi connectivity index (χ0n) is 25.4. The maximum absolute atomic E-state index is 2.47. The molecule has 0 spiro atoms. The molecule has 6 aromatic carbocycles. The Morgan fingerprint density at radius 1 is 0.419 bits per heavy atom. The van der Waals surface area contributed by atoms with Crippen molar-refractivity contribution in [1.82, 2.24) is 0 Å². The van der Waals surface area contributed by atoms with Gasteiger partial charge in [-0.25, -0.2) is 0 Å². The van der Waals surface area contributed by atoms with Crippen LogP contribution in [0.5, 0.6) is 0 Å². The van der Waals surface area contributed by atoms with Gasteiger partial charge < -0.3 is 0 Å². The van der Waals surface area contributed by atoms with Crippen molar-refractivity contribution in [3.05, 3.63) is 167 Å². The van der Waals surface area contributed by atoms with Crippen LogP contribution in [0.4, 0.5) is 0 Å². The summed E-state index contributed by atoms with van der Waals surface area (Å²) in [6.07, 6.45) is 3.41. The van der Waals surface area contributed by atoms with Gasteiger partial charge in [-0.05, 0) is 99.0 Å². The Morgan fingerprint density at radius 2 is 0.860 bits per heavy atom. The lowest BCUT2D eigenvalue weighted by molar-refractivity contribution is 0.658. The second kappa shape index (κ2) is 11.2. The number of fused-ring (bicyclic) bond motifs is 3. The van der Waals surface area contributed by atoms with Crippen molar-refractivity contribution in [2.75, 3.05) is 0 Å². The molecule has 6 aromatic rings. The summed E-state index contributed by atoms with van der Waals surface area (Å²) >= 11 is 0. The molecule has 0 atom stereocenters. The van der Waals surface area contributed by atoms with Crippen LogP contribution in [0.15, 0.2) is 140 Å². The third-order valence-electron chi connectivity index (χ3n) is 9.34. The number of benzene rings is 6. The van der Waals surface area contributed by atoms with Crippen molar-refractivity contribution in [2.24, 2.45) is 0 Å². The molecular weight excluding hydrogens is 516 g/mol. The van der Waals surface area contributed by atoms with Crippen LogP contribution in [0.2, 0.25) is 0 Å². The van der Waals surface area contributed by atoms with Gasteiger partial charge in [0.2, 0.25) is 0 Å². The lowest BCUT2D eigenvalue weighted by Gasteiger charge is -2.22.